The molecule has 1 saturated heterocycles. The number of carbonyl (C=O) groups excluding carboxylic acids is 1. The van der Waals surface area contributed by atoms with Gasteiger partial charge in [-0.1, -0.05) is 5.16 Å². The first-order valence-electron chi connectivity index (χ1n) is 7.38. The SMILES string of the molecule is CSCCCN1CCC(N(Cc2noc(C)n2)C(C)=O)C1. The Balaban J connectivity index is 1.89. The van der Waals surface area contributed by atoms with Crippen molar-refractivity contribution in [2.45, 2.75) is 39.3 Å². The lowest BCUT2D eigenvalue weighted by atomic mass is 10.2. The van der Waals surface area contributed by atoms with Gasteiger partial charge in [-0.3, -0.25) is 4.79 Å². The second-order valence-electron chi connectivity index (χ2n) is 5.47. The number of hydrogen-bond acceptors (Lipinski definition) is 6. The number of thioether (sulfide) groups is 1. The molecule has 7 heteroatoms. The molecule has 0 spiro atoms. The van der Waals surface area contributed by atoms with Gasteiger partial charge in [0.15, 0.2) is 5.82 Å². The van der Waals surface area contributed by atoms with Crippen LogP contribution in [0.25, 0.3) is 0 Å². The van der Waals surface area contributed by atoms with E-state index in [0.717, 1.165) is 26.1 Å². The highest BCUT2D eigenvalue weighted by molar-refractivity contribution is 7.98. The van der Waals surface area contributed by atoms with Gasteiger partial charge in [0.2, 0.25) is 11.8 Å². The van der Waals surface area contributed by atoms with E-state index in [1.165, 1.54) is 12.2 Å². The molecule has 0 bridgehead atoms. The van der Waals surface area contributed by atoms with Crippen molar-refractivity contribution in [2.24, 2.45) is 0 Å². The highest BCUT2D eigenvalue weighted by Crippen LogP contribution is 2.18. The zero-order valence-corrected chi connectivity index (χ0v) is 13.9. The first kappa shape index (κ1) is 16.3. The minimum absolute atomic E-state index is 0.0772. The van der Waals surface area contributed by atoms with Gasteiger partial charge in [0, 0.05) is 33.0 Å². The number of hydrogen-bond donors (Lipinski definition) is 0. The van der Waals surface area contributed by atoms with Gasteiger partial charge in [0.25, 0.3) is 0 Å². The summed E-state index contributed by atoms with van der Waals surface area (Å²) in [5.74, 6) is 2.40. The maximum absolute atomic E-state index is 11.9. The van der Waals surface area contributed by atoms with Crippen molar-refractivity contribution in [3.8, 4) is 0 Å². The van der Waals surface area contributed by atoms with E-state index < -0.39 is 0 Å². The van der Waals surface area contributed by atoms with E-state index in [9.17, 15) is 4.79 Å². The zero-order chi connectivity index (χ0) is 15.2. The molecular weight excluding hydrogens is 288 g/mol. The molecule has 2 heterocycles. The fraction of sp³-hybridized carbons (Fsp3) is 0.786. The Bertz CT molecular complexity index is 466. The molecule has 0 saturated carbocycles. The van der Waals surface area contributed by atoms with Gasteiger partial charge in [0.1, 0.15) is 0 Å². The van der Waals surface area contributed by atoms with Crippen molar-refractivity contribution in [1.82, 2.24) is 19.9 Å². The Kier molecular flexibility index (Phi) is 6.05. The Morgan fingerprint density at radius 2 is 2.38 bits per heavy atom. The van der Waals surface area contributed by atoms with Crippen LogP contribution < -0.4 is 0 Å². The Morgan fingerprint density at radius 1 is 1.57 bits per heavy atom. The maximum Gasteiger partial charge on any atom is 0.223 e. The van der Waals surface area contributed by atoms with Crippen molar-refractivity contribution >= 4 is 17.7 Å². The van der Waals surface area contributed by atoms with Crippen molar-refractivity contribution in [2.75, 3.05) is 31.6 Å². The van der Waals surface area contributed by atoms with Crippen LogP contribution in [0.15, 0.2) is 4.52 Å². The summed E-state index contributed by atoms with van der Waals surface area (Å²) < 4.78 is 4.98. The van der Waals surface area contributed by atoms with E-state index in [4.69, 9.17) is 4.52 Å². The number of aromatic nitrogens is 2. The Hall–Kier alpha value is -1.08. The van der Waals surface area contributed by atoms with Crippen LogP contribution >= 0.6 is 11.8 Å². The number of carbonyl (C=O) groups is 1. The number of likely N-dealkylation sites (tertiary alicyclic amines) is 1. The van der Waals surface area contributed by atoms with E-state index >= 15 is 0 Å². The fourth-order valence-electron chi connectivity index (χ4n) is 2.76. The molecule has 2 rings (SSSR count). The van der Waals surface area contributed by atoms with Crippen LogP contribution in [0.3, 0.4) is 0 Å². The monoisotopic (exact) mass is 312 g/mol. The molecule has 1 aliphatic rings. The molecule has 1 aromatic heterocycles. The number of aryl methyl sites for hydroxylation is 1. The molecule has 1 atom stereocenters. The second kappa shape index (κ2) is 7.79. The third kappa shape index (κ3) is 4.71. The second-order valence-corrected chi connectivity index (χ2v) is 6.45. The van der Waals surface area contributed by atoms with Crippen molar-refractivity contribution in [3.63, 3.8) is 0 Å². The highest BCUT2D eigenvalue weighted by atomic mass is 32.2. The molecule has 0 aliphatic carbocycles. The average Bonchev–Trinajstić information content (AvgIpc) is 3.05. The van der Waals surface area contributed by atoms with Gasteiger partial charge < -0.3 is 14.3 Å². The first-order chi connectivity index (χ1) is 10.1. The normalized spacial score (nSPS) is 19.1. The highest BCUT2D eigenvalue weighted by Gasteiger charge is 2.29. The third-order valence-electron chi connectivity index (χ3n) is 3.80. The third-order valence-corrected chi connectivity index (χ3v) is 4.49. The van der Waals surface area contributed by atoms with E-state index in [0.29, 0.717) is 18.3 Å². The number of amides is 1. The lowest BCUT2D eigenvalue weighted by molar-refractivity contribution is -0.131. The number of nitrogens with zero attached hydrogens (tertiary/aromatic N) is 4. The fourth-order valence-corrected chi connectivity index (χ4v) is 3.18. The van der Waals surface area contributed by atoms with Gasteiger partial charge in [-0.05, 0) is 31.4 Å². The summed E-state index contributed by atoms with van der Waals surface area (Å²) in [6.07, 6.45) is 4.37. The predicted octanol–water partition coefficient (Wildman–Crippen LogP) is 1.55. The van der Waals surface area contributed by atoms with E-state index in [-0.39, 0.29) is 11.9 Å². The predicted molar refractivity (Wildman–Crippen MR) is 83.1 cm³/mol. The van der Waals surface area contributed by atoms with Crippen molar-refractivity contribution < 1.29 is 9.32 Å². The van der Waals surface area contributed by atoms with Gasteiger partial charge in [-0.2, -0.15) is 16.7 Å². The van der Waals surface area contributed by atoms with Crippen LogP contribution in [0.2, 0.25) is 0 Å². The van der Waals surface area contributed by atoms with Crippen molar-refractivity contribution in [1.29, 1.82) is 0 Å². The quantitative estimate of drug-likeness (QED) is 0.712. The Labute approximate surface area is 130 Å². The van der Waals surface area contributed by atoms with Gasteiger partial charge in [-0.25, -0.2) is 0 Å². The standard InChI is InChI=1S/C14H24N4O2S/c1-11-15-14(16-20-11)10-18(12(2)19)13-5-7-17(9-13)6-4-8-21-3/h13H,4-10H2,1-3H3. The molecule has 0 aromatic carbocycles. The lowest BCUT2D eigenvalue weighted by Crippen LogP contribution is -2.40. The van der Waals surface area contributed by atoms with Crippen LogP contribution in [-0.4, -0.2) is 63.5 Å². The van der Waals surface area contributed by atoms with Crippen LogP contribution in [-0.2, 0) is 11.3 Å². The number of rotatable bonds is 7. The van der Waals surface area contributed by atoms with Crippen molar-refractivity contribution in [3.05, 3.63) is 11.7 Å². The van der Waals surface area contributed by atoms with E-state index in [2.05, 4.69) is 21.3 Å². The minimum Gasteiger partial charge on any atom is -0.340 e. The molecule has 1 amide bonds. The van der Waals surface area contributed by atoms with Gasteiger partial charge in [-0.15, -0.1) is 0 Å². The Morgan fingerprint density at radius 3 is 3.00 bits per heavy atom. The lowest BCUT2D eigenvalue weighted by Gasteiger charge is -2.27. The summed E-state index contributed by atoms with van der Waals surface area (Å²) in [5, 5.41) is 3.89. The van der Waals surface area contributed by atoms with Gasteiger partial charge >= 0.3 is 0 Å². The zero-order valence-electron chi connectivity index (χ0n) is 13.0. The smallest absolute Gasteiger partial charge is 0.223 e. The molecule has 118 valence electrons. The summed E-state index contributed by atoms with van der Waals surface area (Å²) >= 11 is 1.88. The van der Waals surface area contributed by atoms with E-state index in [1.54, 1.807) is 13.8 Å². The van der Waals surface area contributed by atoms with Gasteiger partial charge in [0.05, 0.1) is 6.54 Å². The van der Waals surface area contributed by atoms with Crippen LogP contribution in [0.4, 0.5) is 0 Å². The minimum atomic E-state index is 0.0772. The van der Waals surface area contributed by atoms with Crippen LogP contribution in [0.5, 0.6) is 0 Å². The first-order valence-corrected chi connectivity index (χ1v) is 8.77. The summed E-state index contributed by atoms with van der Waals surface area (Å²) in [4.78, 5) is 20.4. The largest absolute Gasteiger partial charge is 0.340 e. The maximum atomic E-state index is 11.9. The molecule has 21 heavy (non-hydrogen) atoms. The molecule has 0 N–H and O–H groups in total. The molecule has 1 aliphatic heterocycles. The summed E-state index contributed by atoms with van der Waals surface area (Å²) in [6.45, 7) is 6.94. The summed E-state index contributed by atoms with van der Waals surface area (Å²) in [6, 6.07) is 0.260. The molecule has 1 unspecified atom stereocenters. The molecular formula is C14H24N4O2S. The molecule has 6 nitrogen and oxygen atoms in total. The average molecular weight is 312 g/mol. The van der Waals surface area contributed by atoms with Crippen LogP contribution in [0, 0.1) is 6.92 Å². The van der Waals surface area contributed by atoms with Crippen LogP contribution in [0.1, 0.15) is 31.5 Å². The molecule has 1 fully saturated rings. The summed E-state index contributed by atoms with van der Waals surface area (Å²) in [5.41, 5.74) is 0. The molecule has 1 aromatic rings. The summed E-state index contributed by atoms with van der Waals surface area (Å²) in [7, 11) is 0. The molecule has 0 radical (unpaired) electrons. The van der Waals surface area contributed by atoms with E-state index in [1.807, 2.05) is 16.7 Å². The topological polar surface area (TPSA) is 62.5 Å².